The number of thioether (sulfide) groups is 1. The van der Waals surface area contributed by atoms with Crippen LogP contribution in [-0.4, -0.2) is 16.7 Å². The molecule has 1 N–H and O–H groups in total. The Bertz CT molecular complexity index is 1530. The molecule has 4 aromatic rings. The molecule has 1 aliphatic rings. The zero-order chi connectivity index (χ0) is 27.4. The highest BCUT2D eigenvalue weighted by Crippen LogP contribution is 2.46. The third-order valence-corrected chi connectivity index (χ3v) is 7.84. The molecule has 1 unspecified atom stereocenters. The van der Waals surface area contributed by atoms with Gasteiger partial charge in [-0.25, -0.2) is 4.39 Å². The van der Waals surface area contributed by atoms with Crippen LogP contribution >= 0.6 is 11.8 Å². The van der Waals surface area contributed by atoms with Gasteiger partial charge in [0.05, 0.1) is 17.2 Å². The van der Waals surface area contributed by atoms with Crippen molar-refractivity contribution in [3.8, 4) is 0 Å². The lowest BCUT2D eigenvalue weighted by Gasteiger charge is -2.22. The van der Waals surface area contributed by atoms with Gasteiger partial charge in [0.15, 0.2) is 0 Å². The number of carbonyl (C=O) groups excluding carboxylic acids is 2. The van der Waals surface area contributed by atoms with Gasteiger partial charge in [0, 0.05) is 40.3 Å². The number of halogens is 1. The van der Waals surface area contributed by atoms with Crippen molar-refractivity contribution in [1.29, 1.82) is 0 Å². The Morgan fingerprint density at radius 1 is 0.974 bits per heavy atom. The second-order valence-electron chi connectivity index (χ2n) is 9.08. The minimum Gasteiger partial charge on any atom is -0.348 e. The molecule has 1 atom stereocenters. The molecule has 9 heteroatoms. The average molecular weight is 542 g/mol. The van der Waals surface area contributed by atoms with E-state index < -0.39 is 4.92 Å². The van der Waals surface area contributed by atoms with Gasteiger partial charge in [-0.15, -0.1) is 11.8 Å². The fourth-order valence-corrected chi connectivity index (χ4v) is 5.75. The molecule has 0 saturated carbocycles. The lowest BCUT2D eigenvalue weighted by atomic mass is 10.1. The molecular formula is C30H24FN3O4S. The molecule has 0 spiro atoms. The zero-order valence-electron chi connectivity index (χ0n) is 20.7. The molecule has 7 nitrogen and oxygen atoms in total. The quantitative estimate of drug-likeness (QED) is 0.215. The van der Waals surface area contributed by atoms with E-state index in [1.807, 2.05) is 36.4 Å². The number of rotatable bonds is 7. The third-order valence-electron chi connectivity index (χ3n) is 6.51. The highest BCUT2D eigenvalue weighted by atomic mass is 32.2. The van der Waals surface area contributed by atoms with Crippen LogP contribution in [0.3, 0.4) is 0 Å². The van der Waals surface area contributed by atoms with E-state index in [0.29, 0.717) is 16.8 Å². The summed E-state index contributed by atoms with van der Waals surface area (Å²) < 4.78 is 13.1. The molecule has 0 aromatic heterocycles. The molecule has 1 heterocycles. The number of carbonyl (C=O) groups is 2. The summed E-state index contributed by atoms with van der Waals surface area (Å²) in [5.74, 6) is -0.726. The Hall–Kier alpha value is -4.50. The van der Waals surface area contributed by atoms with Gasteiger partial charge in [0.2, 0.25) is 5.91 Å². The predicted molar refractivity (Wildman–Crippen MR) is 148 cm³/mol. The van der Waals surface area contributed by atoms with Crippen LogP contribution in [0.4, 0.5) is 15.8 Å². The largest absolute Gasteiger partial charge is 0.348 e. The molecule has 0 fully saturated rings. The molecule has 1 aliphatic heterocycles. The fraction of sp³-hybridized carbons (Fsp3) is 0.133. The molecule has 0 saturated heterocycles. The first kappa shape index (κ1) is 26.1. The number of amides is 2. The number of hydrogen-bond acceptors (Lipinski definition) is 5. The number of benzene rings is 4. The van der Waals surface area contributed by atoms with Crippen LogP contribution in [0.5, 0.6) is 0 Å². The van der Waals surface area contributed by atoms with E-state index in [2.05, 4.69) is 5.32 Å². The van der Waals surface area contributed by atoms with Crippen molar-refractivity contribution in [2.75, 3.05) is 4.90 Å². The maximum Gasteiger partial charge on any atom is 0.274 e. The SMILES string of the molecule is O=C(NCc1ccc(F)cc1)c1ccc(C2CC(=O)N(Cc3ccccc3[N+](=O)[O-])c3ccccc3S2)cc1. The Morgan fingerprint density at radius 3 is 2.41 bits per heavy atom. The van der Waals surface area contributed by atoms with Crippen molar-refractivity contribution in [3.63, 3.8) is 0 Å². The molecule has 39 heavy (non-hydrogen) atoms. The summed E-state index contributed by atoms with van der Waals surface area (Å²) in [7, 11) is 0. The van der Waals surface area contributed by atoms with Gasteiger partial charge in [-0.3, -0.25) is 19.7 Å². The molecule has 5 rings (SSSR count). The molecule has 4 aromatic carbocycles. The van der Waals surface area contributed by atoms with Gasteiger partial charge in [-0.1, -0.05) is 54.6 Å². The second kappa shape index (κ2) is 11.5. The number of nitrogens with one attached hydrogen (secondary N) is 1. The number of nitrogens with zero attached hydrogens (tertiary/aromatic N) is 2. The van der Waals surface area contributed by atoms with E-state index in [-0.39, 0.29) is 48.1 Å². The maximum atomic E-state index is 13.5. The normalized spacial score (nSPS) is 14.8. The summed E-state index contributed by atoms with van der Waals surface area (Å²) in [6, 6.07) is 27.1. The first-order valence-electron chi connectivity index (χ1n) is 12.3. The predicted octanol–water partition coefficient (Wildman–Crippen LogP) is 6.43. The Balaban J connectivity index is 1.33. The van der Waals surface area contributed by atoms with Crippen LogP contribution < -0.4 is 10.2 Å². The summed E-state index contributed by atoms with van der Waals surface area (Å²) in [6.45, 7) is 0.369. The lowest BCUT2D eigenvalue weighted by Crippen LogP contribution is -2.30. The van der Waals surface area contributed by atoms with Crippen LogP contribution in [-0.2, 0) is 17.9 Å². The fourth-order valence-electron chi connectivity index (χ4n) is 4.47. The minimum atomic E-state index is -0.432. The summed E-state index contributed by atoms with van der Waals surface area (Å²) in [4.78, 5) is 39.8. The maximum absolute atomic E-state index is 13.5. The van der Waals surface area contributed by atoms with Gasteiger partial charge in [-0.2, -0.15) is 0 Å². The summed E-state index contributed by atoms with van der Waals surface area (Å²) >= 11 is 1.55. The molecule has 0 radical (unpaired) electrons. The molecule has 0 aliphatic carbocycles. The standard InChI is InChI=1S/C30H24FN3O4S/c31-24-15-9-20(10-16-24)18-32-30(36)22-13-11-21(12-14-22)28-17-29(35)33(26-7-3-4-8-27(26)39-28)19-23-5-1-2-6-25(23)34(37)38/h1-16,28H,17-19H2,(H,32,36). The third kappa shape index (κ3) is 5.99. The van der Waals surface area contributed by atoms with E-state index in [4.69, 9.17) is 0 Å². The van der Waals surface area contributed by atoms with Gasteiger partial charge < -0.3 is 10.2 Å². The van der Waals surface area contributed by atoms with Crippen LogP contribution in [0.1, 0.15) is 38.7 Å². The number of fused-ring (bicyclic) bond motifs is 1. The smallest absolute Gasteiger partial charge is 0.274 e. The molecular weight excluding hydrogens is 517 g/mol. The second-order valence-corrected chi connectivity index (χ2v) is 10.3. The van der Waals surface area contributed by atoms with E-state index in [0.717, 1.165) is 16.0 Å². The first-order chi connectivity index (χ1) is 18.9. The monoisotopic (exact) mass is 541 g/mol. The Kier molecular flexibility index (Phi) is 7.69. The summed E-state index contributed by atoms with van der Waals surface area (Å²) in [5.41, 5.74) is 3.31. The topological polar surface area (TPSA) is 92.6 Å². The van der Waals surface area contributed by atoms with Crippen LogP contribution in [0, 0.1) is 15.9 Å². The van der Waals surface area contributed by atoms with Gasteiger partial charge in [-0.05, 0) is 47.5 Å². The highest BCUT2D eigenvalue weighted by molar-refractivity contribution is 7.99. The number of nitro groups is 1. The Morgan fingerprint density at radius 2 is 1.67 bits per heavy atom. The van der Waals surface area contributed by atoms with Gasteiger partial charge in [0.1, 0.15) is 5.82 Å². The molecule has 2 amide bonds. The van der Waals surface area contributed by atoms with Gasteiger partial charge >= 0.3 is 0 Å². The number of hydrogen-bond donors (Lipinski definition) is 1. The zero-order valence-corrected chi connectivity index (χ0v) is 21.6. The number of nitro benzene ring substituents is 1. The van der Waals surface area contributed by atoms with E-state index >= 15 is 0 Å². The highest BCUT2D eigenvalue weighted by Gasteiger charge is 2.30. The lowest BCUT2D eigenvalue weighted by molar-refractivity contribution is -0.385. The van der Waals surface area contributed by atoms with Crippen molar-refractivity contribution in [1.82, 2.24) is 5.32 Å². The van der Waals surface area contributed by atoms with Crippen molar-refractivity contribution >= 4 is 35.0 Å². The minimum absolute atomic E-state index is 0.0236. The van der Waals surface area contributed by atoms with E-state index in [9.17, 15) is 24.1 Å². The van der Waals surface area contributed by atoms with Crippen LogP contribution in [0.2, 0.25) is 0 Å². The van der Waals surface area contributed by atoms with E-state index in [1.165, 1.54) is 18.2 Å². The first-order valence-corrected chi connectivity index (χ1v) is 13.2. The van der Waals surface area contributed by atoms with Crippen molar-refractivity contribution in [3.05, 3.63) is 135 Å². The van der Waals surface area contributed by atoms with Crippen molar-refractivity contribution < 1.29 is 18.9 Å². The van der Waals surface area contributed by atoms with E-state index in [1.54, 1.807) is 59.1 Å². The van der Waals surface area contributed by atoms with Gasteiger partial charge in [0.25, 0.3) is 11.6 Å². The Labute approximate surface area is 228 Å². The summed E-state index contributed by atoms with van der Waals surface area (Å²) in [5, 5.41) is 14.2. The number of anilines is 1. The molecule has 196 valence electrons. The average Bonchev–Trinajstić information content (AvgIpc) is 3.09. The molecule has 0 bridgehead atoms. The van der Waals surface area contributed by atoms with Crippen LogP contribution in [0.25, 0.3) is 0 Å². The van der Waals surface area contributed by atoms with Crippen molar-refractivity contribution in [2.24, 2.45) is 0 Å². The summed E-state index contributed by atoms with van der Waals surface area (Å²) in [6.07, 6.45) is 0.191. The van der Waals surface area contributed by atoms with Crippen LogP contribution in [0.15, 0.2) is 102 Å². The van der Waals surface area contributed by atoms with Crippen molar-refractivity contribution in [2.45, 2.75) is 29.7 Å². The number of para-hydroxylation sites is 2.